The van der Waals surface area contributed by atoms with Crippen molar-refractivity contribution < 1.29 is 13.9 Å². The average Bonchev–Trinajstić information content (AvgIpc) is 3.12. The molecule has 0 aliphatic carbocycles. The summed E-state index contributed by atoms with van der Waals surface area (Å²) in [5.41, 5.74) is 1.64. The molecule has 1 heterocycles. The molecule has 0 saturated carbocycles. The number of rotatable bonds is 6. The Morgan fingerprint density at radius 1 is 1.17 bits per heavy atom. The first-order valence-corrected chi connectivity index (χ1v) is 7.48. The summed E-state index contributed by atoms with van der Waals surface area (Å²) in [5, 5.41) is 2.78. The quantitative estimate of drug-likeness (QED) is 0.755. The summed E-state index contributed by atoms with van der Waals surface area (Å²) in [6, 6.07) is 13.5. The molecule has 24 heavy (non-hydrogen) atoms. The lowest BCUT2D eigenvalue weighted by atomic mass is 10.2. The lowest BCUT2D eigenvalue weighted by Gasteiger charge is -2.09. The summed E-state index contributed by atoms with van der Waals surface area (Å²) in [6.07, 6.45) is 5.38. The summed E-state index contributed by atoms with van der Waals surface area (Å²) < 4.78 is 20.5. The van der Waals surface area contributed by atoms with E-state index in [4.69, 9.17) is 4.74 Å². The third kappa shape index (κ3) is 3.98. The predicted molar refractivity (Wildman–Crippen MR) is 88.7 cm³/mol. The fourth-order valence-electron chi connectivity index (χ4n) is 2.17. The van der Waals surface area contributed by atoms with E-state index in [1.54, 1.807) is 24.7 Å². The van der Waals surface area contributed by atoms with E-state index in [2.05, 4.69) is 10.3 Å². The van der Waals surface area contributed by atoms with Crippen LogP contribution in [0.15, 0.2) is 67.3 Å². The highest BCUT2D eigenvalue weighted by atomic mass is 19.1. The number of para-hydroxylation sites is 1. The molecule has 0 bridgehead atoms. The van der Waals surface area contributed by atoms with Gasteiger partial charge in [0.2, 0.25) is 5.91 Å². The Kier molecular flexibility index (Phi) is 4.86. The maximum atomic E-state index is 13.4. The van der Waals surface area contributed by atoms with E-state index in [0.717, 1.165) is 5.69 Å². The first-order chi connectivity index (χ1) is 11.7. The number of ether oxygens (including phenoxy) is 1. The van der Waals surface area contributed by atoms with E-state index in [-0.39, 0.29) is 24.7 Å². The summed E-state index contributed by atoms with van der Waals surface area (Å²) in [7, 11) is 0. The highest BCUT2D eigenvalue weighted by molar-refractivity contribution is 5.90. The van der Waals surface area contributed by atoms with Gasteiger partial charge in [-0.3, -0.25) is 4.79 Å². The van der Waals surface area contributed by atoms with Crippen LogP contribution in [0, 0.1) is 5.82 Å². The predicted octanol–water partition coefficient (Wildman–Crippen LogP) is 3.42. The van der Waals surface area contributed by atoms with Crippen molar-refractivity contribution in [2.24, 2.45) is 0 Å². The lowest BCUT2D eigenvalue weighted by Crippen LogP contribution is -2.15. The number of halogens is 1. The molecule has 1 amide bonds. The third-order valence-corrected chi connectivity index (χ3v) is 3.38. The molecule has 1 aromatic heterocycles. The Balaban J connectivity index is 1.49. The van der Waals surface area contributed by atoms with Crippen LogP contribution >= 0.6 is 0 Å². The minimum absolute atomic E-state index is 0.111. The van der Waals surface area contributed by atoms with Crippen molar-refractivity contribution in [2.45, 2.75) is 6.42 Å². The van der Waals surface area contributed by atoms with Crippen molar-refractivity contribution in [3.05, 3.63) is 73.1 Å². The van der Waals surface area contributed by atoms with Crippen molar-refractivity contribution in [3.8, 4) is 11.4 Å². The number of carbonyl (C=O) groups excluding carboxylic acids is 1. The number of carbonyl (C=O) groups is 1. The topological polar surface area (TPSA) is 56.1 Å². The van der Waals surface area contributed by atoms with Gasteiger partial charge in [0.25, 0.3) is 0 Å². The number of hydrogen-bond acceptors (Lipinski definition) is 3. The van der Waals surface area contributed by atoms with Crippen LogP contribution in [-0.4, -0.2) is 22.1 Å². The molecule has 0 aliphatic rings. The molecule has 0 fully saturated rings. The second-order valence-corrected chi connectivity index (χ2v) is 5.09. The molecule has 0 aliphatic heterocycles. The van der Waals surface area contributed by atoms with Crippen LogP contribution in [0.25, 0.3) is 5.69 Å². The molecule has 122 valence electrons. The standard InChI is InChI=1S/C18H16FN3O2/c19-16-3-1-2-4-17(16)24-12-9-18(23)21-14-5-7-15(8-6-14)22-11-10-20-13-22/h1-8,10-11,13H,9,12H2,(H,21,23). The van der Waals surface area contributed by atoms with Crippen molar-refractivity contribution in [1.82, 2.24) is 9.55 Å². The van der Waals surface area contributed by atoms with E-state index in [9.17, 15) is 9.18 Å². The summed E-state index contributed by atoms with van der Waals surface area (Å²) in [5.74, 6) is -0.482. The van der Waals surface area contributed by atoms with E-state index in [1.165, 1.54) is 12.1 Å². The van der Waals surface area contributed by atoms with Crippen LogP contribution in [0.1, 0.15) is 6.42 Å². The van der Waals surface area contributed by atoms with E-state index < -0.39 is 5.82 Å². The Morgan fingerprint density at radius 3 is 2.67 bits per heavy atom. The second-order valence-electron chi connectivity index (χ2n) is 5.09. The summed E-state index contributed by atoms with van der Waals surface area (Å²) in [6.45, 7) is 0.111. The zero-order valence-electron chi connectivity index (χ0n) is 12.9. The van der Waals surface area contributed by atoms with Crippen molar-refractivity contribution in [2.75, 3.05) is 11.9 Å². The monoisotopic (exact) mass is 325 g/mol. The Hall–Kier alpha value is -3.15. The van der Waals surface area contributed by atoms with Gasteiger partial charge >= 0.3 is 0 Å². The molecule has 0 unspecified atom stereocenters. The van der Waals surface area contributed by atoms with Crippen LogP contribution < -0.4 is 10.1 Å². The normalized spacial score (nSPS) is 10.4. The molecule has 2 aromatic carbocycles. The number of benzene rings is 2. The van der Waals surface area contributed by atoms with Gasteiger partial charge in [0.05, 0.1) is 19.4 Å². The summed E-state index contributed by atoms with van der Waals surface area (Å²) >= 11 is 0. The third-order valence-electron chi connectivity index (χ3n) is 3.38. The largest absolute Gasteiger partial charge is 0.490 e. The molecule has 1 N–H and O–H groups in total. The molecule has 6 heteroatoms. The van der Waals surface area contributed by atoms with Crippen LogP contribution in [0.3, 0.4) is 0 Å². The minimum Gasteiger partial charge on any atom is -0.490 e. The van der Waals surface area contributed by atoms with Gasteiger partial charge in [-0.25, -0.2) is 9.37 Å². The molecular weight excluding hydrogens is 309 g/mol. The average molecular weight is 325 g/mol. The summed E-state index contributed by atoms with van der Waals surface area (Å²) in [4.78, 5) is 15.9. The Morgan fingerprint density at radius 2 is 1.96 bits per heavy atom. The van der Waals surface area contributed by atoms with Crippen LogP contribution in [-0.2, 0) is 4.79 Å². The SMILES string of the molecule is O=C(CCOc1ccccc1F)Nc1ccc(-n2ccnc2)cc1. The first-order valence-electron chi connectivity index (χ1n) is 7.48. The molecule has 3 aromatic rings. The van der Waals surface area contributed by atoms with Gasteiger partial charge in [0.15, 0.2) is 11.6 Å². The van der Waals surface area contributed by atoms with Crippen LogP contribution in [0.4, 0.5) is 10.1 Å². The van der Waals surface area contributed by atoms with Gasteiger partial charge in [-0.05, 0) is 36.4 Å². The van der Waals surface area contributed by atoms with Gasteiger partial charge in [-0.2, -0.15) is 0 Å². The number of nitrogens with zero attached hydrogens (tertiary/aromatic N) is 2. The van der Waals surface area contributed by atoms with E-state index in [0.29, 0.717) is 5.69 Å². The van der Waals surface area contributed by atoms with Crippen molar-refractivity contribution >= 4 is 11.6 Å². The maximum Gasteiger partial charge on any atom is 0.227 e. The molecule has 0 saturated heterocycles. The van der Waals surface area contributed by atoms with Gasteiger partial charge in [0.1, 0.15) is 0 Å². The van der Waals surface area contributed by atoms with Gasteiger partial charge in [0, 0.05) is 23.8 Å². The molecular formula is C18H16FN3O2. The number of anilines is 1. The Labute approximate surface area is 138 Å². The lowest BCUT2D eigenvalue weighted by molar-refractivity contribution is -0.116. The second kappa shape index (κ2) is 7.41. The van der Waals surface area contributed by atoms with Gasteiger partial charge in [-0.1, -0.05) is 12.1 Å². The number of imidazole rings is 1. The molecule has 3 rings (SSSR count). The number of amides is 1. The zero-order chi connectivity index (χ0) is 16.8. The van der Waals surface area contributed by atoms with Crippen LogP contribution in [0.2, 0.25) is 0 Å². The van der Waals surface area contributed by atoms with E-state index in [1.807, 2.05) is 35.0 Å². The molecule has 0 atom stereocenters. The zero-order valence-corrected chi connectivity index (χ0v) is 12.9. The maximum absolute atomic E-state index is 13.4. The van der Waals surface area contributed by atoms with Gasteiger partial charge in [-0.15, -0.1) is 0 Å². The highest BCUT2D eigenvalue weighted by Gasteiger charge is 2.06. The van der Waals surface area contributed by atoms with Crippen molar-refractivity contribution in [1.29, 1.82) is 0 Å². The number of hydrogen-bond donors (Lipinski definition) is 1. The van der Waals surface area contributed by atoms with E-state index >= 15 is 0 Å². The minimum atomic E-state index is -0.437. The highest BCUT2D eigenvalue weighted by Crippen LogP contribution is 2.16. The fraction of sp³-hybridized carbons (Fsp3) is 0.111. The Bertz CT molecular complexity index is 801. The van der Waals surface area contributed by atoms with Crippen molar-refractivity contribution in [3.63, 3.8) is 0 Å². The fourth-order valence-corrected chi connectivity index (χ4v) is 2.17. The smallest absolute Gasteiger partial charge is 0.227 e. The first kappa shape index (κ1) is 15.7. The van der Waals surface area contributed by atoms with Crippen LogP contribution in [0.5, 0.6) is 5.75 Å². The number of aromatic nitrogens is 2. The molecule has 0 radical (unpaired) electrons. The molecule has 5 nitrogen and oxygen atoms in total. The number of nitrogens with one attached hydrogen (secondary N) is 1. The molecule has 0 spiro atoms. The van der Waals surface area contributed by atoms with Gasteiger partial charge < -0.3 is 14.6 Å².